The van der Waals surface area contributed by atoms with Crippen LogP contribution in [0.1, 0.15) is 38.7 Å². The Labute approximate surface area is 102 Å². The van der Waals surface area contributed by atoms with E-state index in [0.717, 1.165) is 17.7 Å². The van der Waals surface area contributed by atoms with E-state index in [1.54, 1.807) is 0 Å². The van der Waals surface area contributed by atoms with Gasteiger partial charge >= 0.3 is 0 Å². The summed E-state index contributed by atoms with van der Waals surface area (Å²) >= 11 is 0. The molecular weight excluding hydrogens is 212 g/mol. The van der Waals surface area contributed by atoms with Crippen LogP contribution < -0.4 is 4.74 Å². The summed E-state index contributed by atoms with van der Waals surface area (Å²) in [4.78, 5) is 11.2. The Balaban J connectivity index is 2.28. The molecule has 2 rings (SSSR count). The highest BCUT2D eigenvalue weighted by Crippen LogP contribution is 2.32. The summed E-state index contributed by atoms with van der Waals surface area (Å²) in [6, 6.07) is 8.06. The molecule has 0 aromatic heterocycles. The topological polar surface area (TPSA) is 26.3 Å². The van der Waals surface area contributed by atoms with E-state index in [-0.39, 0.29) is 6.10 Å². The molecule has 1 aliphatic rings. The normalized spacial score (nSPS) is 15.9. The molecule has 0 saturated heterocycles. The lowest BCUT2D eigenvalue weighted by molar-refractivity contribution is -0.118. The molecular formula is C15H18O2. The maximum absolute atomic E-state index is 11.2. The minimum absolute atomic E-state index is 0.168. The molecule has 0 saturated carbocycles. The van der Waals surface area contributed by atoms with Gasteiger partial charge in [-0.25, -0.2) is 0 Å². The lowest BCUT2D eigenvalue weighted by Gasteiger charge is -2.18. The van der Waals surface area contributed by atoms with Gasteiger partial charge in [-0.15, -0.1) is 0 Å². The summed E-state index contributed by atoms with van der Waals surface area (Å²) in [7, 11) is 0. The molecule has 1 aromatic carbocycles. The summed E-state index contributed by atoms with van der Waals surface area (Å²) in [5.41, 5.74) is 2.37. The van der Waals surface area contributed by atoms with Crippen LogP contribution in [0.5, 0.6) is 5.75 Å². The Hall–Kier alpha value is -1.57. The van der Waals surface area contributed by atoms with Crippen molar-refractivity contribution in [3.63, 3.8) is 0 Å². The van der Waals surface area contributed by atoms with Crippen LogP contribution in [0.2, 0.25) is 0 Å². The highest BCUT2D eigenvalue weighted by molar-refractivity contribution is 5.87. The molecule has 0 heterocycles. The Morgan fingerprint density at radius 3 is 2.59 bits per heavy atom. The first kappa shape index (κ1) is 11.9. The van der Waals surface area contributed by atoms with Crippen molar-refractivity contribution in [3.8, 4) is 5.75 Å². The molecule has 0 spiro atoms. The molecule has 0 radical (unpaired) electrons. The fourth-order valence-electron chi connectivity index (χ4n) is 2.05. The van der Waals surface area contributed by atoms with Gasteiger partial charge in [0.1, 0.15) is 11.5 Å². The van der Waals surface area contributed by atoms with Gasteiger partial charge in [-0.05, 0) is 31.9 Å². The van der Waals surface area contributed by atoms with Gasteiger partial charge in [0.25, 0.3) is 0 Å². The maximum Gasteiger partial charge on any atom is 0.137 e. The van der Waals surface area contributed by atoms with Crippen molar-refractivity contribution in [1.29, 1.82) is 0 Å². The number of carbonyl (C=O) groups is 1. The number of ketones is 1. The van der Waals surface area contributed by atoms with Crippen molar-refractivity contribution < 1.29 is 9.53 Å². The predicted molar refractivity (Wildman–Crippen MR) is 69.0 cm³/mol. The number of hydrogen-bond donors (Lipinski definition) is 0. The molecule has 0 atom stereocenters. The fourth-order valence-corrected chi connectivity index (χ4v) is 2.05. The monoisotopic (exact) mass is 230 g/mol. The SMILES string of the molecule is CC(C)Oc1ccccc1C1=CCC(=O)CC1. The zero-order chi connectivity index (χ0) is 12.3. The summed E-state index contributed by atoms with van der Waals surface area (Å²) < 4.78 is 5.80. The van der Waals surface area contributed by atoms with E-state index in [0.29, 0.717) is 18.6 Å². The zero-order valence-corrected chi connectivity index (χ0v) is 10.4. The lowest BCUT2D eigenvalue weighted by Crippen LogP contribution is -2.09. The van der Waals surface area contributed by atoms with Crippen molar-refractivity contribution in [3.05, 3.63) is 35.9 Å². The molecule has 90 valence electrons. The largest absolute Gasteiger partial charge is 0.490 e. The quantitative estimate of drug-likeness (QED) is 0.793. The summed E-state index contributed by atoms with van der Waals surface area (Å²) in [6.45, 7) is 4.05. The molecule has 1 aromatic rings. The van der Waals surface area contributed by atoms with Crippen molar-refractivity contribution in [2.75, 3.05) is 0 Å². The molecule has 0 unspecified atom stereocenters. The van der Waals surface area contributed by atoms with Gasteiger partial charge in [0.15, 0.2) is 0 Å². The lowest BCUT2D eigenvalue weighted by atomic mass is 9.92. The zero-order valence-electron chi connectivity index (χ0n) is 10.4. The van der Waals surface area contributed by atoms with Gasteiger partial charge in [-0.3, -0.25) is 4.79 Å². The fraction of sp³-hybridized carbons (Fsp3) is 0.400. The van der Waals surface area contributed by atoms with Crippen molar-refractivity contribution >= 4 is 11.4 Å². The van der Waals surface area contributed by atoms with Gasteiger partial charge in [-0.1, -0.05) is 24.3 Å². The minimum Gasteiger partial charge on any atom is -0.490 e. The number of allylic oxidation sites excluding steroid dienone is 2. The second kappa shape index (κ2) is 5.17. The molecule has 0 amide bonds. The Kier molecular flexibility index (Phi) is 3.62. The average molecular weight is 230 g/mol. The van der Waals surface area contributed by atoms with Crippen LogP contribution in [0.25, 0.3) is 5.57 Å². The number of Topliss-reactive ketones (excluding diaryl/α,β-unsaturated/α-hetero) is 1. The minimum atomic E-state index is 0.168. The van der Waals surface area contributed by atoms with Crippen LogP contribution in [0.3, 0.4) is 0 Å². The van der Waals surface area contributed by atoms with Gasteiger partial charge in [0, 0.05) is 18.4 Å². The average Bonchev–Trinajstić information content (AvgIpc) is 2.30. The Bertz CT molecular complexity index is 444. The van der Waals surface area contributed by atoms with Gasteiger partial charge in [-0.2, -0.15) is 0 Å². The van der Waals surface area contributed by atoms with Crippen LogP contribution in [0.15, 0.2) is 30.3 Å². The van der Waals surface area contributed by atoms with E-state index in [4.69, 9.17) is 4.74 Å². The molecule has 0 N–H and O–H groups in total. The van der Waals surface area contributed by atoms with Crippen LogP contribution in [-0.2, 0) is 4.79 Å². The van der Waals surface area contributed by atoms with E-state index >= 15 is 0 Å². The van der Waals surface area contributed by atoms with Crippen LogP contribution >= 0.6 is 0 Å². The van der Waals surface area contributed by atoms with Crippen LogP contribution in [0, 0.1) is 0 Å². The van der Waals surface area contributed by atoms with Crippen LogP contribution in [0.4, 0.5) is 0 Å². The molecule has 1 aliphatic carbocycles. The first-order valence-corrected chi connectivity index (χ1v) is 6.13. The third-order valence-electron chi connectivity index (χ3n) is 2.84. The van der Waals surface area contributed by atoms with Gasteiger partial charge < -0.3 is 4.74 Å². The Morgan fingerprint density at radius 2 is 1.94 bits per heavy atom. The molecule has 0 fully saturated rings. The molecule has 0 aliphatic heterocycles. The highest BCUT2D eigenvalue weighted by atomic mass is 16.5. The number of para-hydroxylation sites is 1. The van der Waals surface area contributed by atoms with E-state index in [1.165, 1.54) is 5.57 Å². The summed E-state index contributed by atoms with van der Waals surface area (Å²) in [5.74, 6) is 1.25. The third kappa shape index (κ3) is 2.96. The number of hydrogen-bond acceptors (Lipinski definition) is 2. The van der Waals surface area contributed by atoms with E-state index < -0.39 is 0 Å². The smallest absolute Gasteiger partial charge is 0.137 e. The number of carbonyl (C=O) groups excluding carboxylic acids is 1. The van der Waals surface area contributed by atoms with Crippen molar-refractivity contribution in [1.82, 2.24) is 0 Å². The third-order valence-corrected chi connectivity index (χ3v) is 2.84. The molecule has 2 nitrogen and oxygen atoms in total. The first-order chi connectivity index (χ1) is 8.16. The maximum atomic E-state index is 11.2. The first-order valence-electron chi connectivity index (χ1n) is 6.13. The second-order valence-corrected chi connectivity index (χ2v) is 4.63. The summed E-state index contributed by atoms with van der Waals surface area (Å²) in [5, 5.41) is 0. The molecule has 0 bridgehead atoms. The van der Waals surface area contributed by atoms with E-state index in [2.05, 4.69) is 6.07 Å². The van der Waals surface area contributed by atoms with Crippen LogP contribution in [-0.4, -0.2) is 11.9 Å². The van der Waals surface area contributed by atoms with E-state index in [9.17, 15) is 4.79 Å². The van der Waals surface area contributed by atoms with Crippen molar-refractivity contribution in [2.45, 2.75) is 39.2 Å². The highest BCUT2D eigenvalue weighted by Gasteiger charge is 2.15. The van der Waals surface area contributed by atoms with E-state index in [1.807, 2.05) is 38.1 Å². The number of rotatable bonds is 3. The summed E-state index contributed by atoms with van der Waals surface area (Å²) in [6.07, 6.45) is 4.25. The van der Waals surface area contributed by atoms with Crippen molar-refractivity contribution in [2.24, 2.45) is 0 Å². The predicted octanol–water partition coefficient (Wildman–Crippen LogP) is 3.61. The number of ether oxygens (including phenoxy) is 1. The molecule has 2 heteroatoms. The number of benzene rings is 1. The van der Waals surface area contributed by atoms with Gasteiger partial charge in [0.05, 0.1) is 6.10 Å². The van der Waals surface area contributed by atoms with Gasteiger partial charge in [0.2, 0.25) is 0 Å². The second-order valence-electron chi connectivity index (χ2n) is 4.63. The molecule has 17 heavy (non-hydrogen) atoms. The Morgan fingerprint density at radius 1 is 1.18 bits per heavy atom. The standard InChI is InChI=1S/C15H18O2/c1-11(2)17-15-6-4-3-5-14(15)12-7-9-13(16)10-8-12/h3-7,11H,8-10H2,1-2H3.